The number of carbonyl (C=O) groups excluding carboxylic acids is 3. The fourth-order valence-electron chi connectivity index (χ4n) is 5.08. The van der Waals surface area contributed by atoms with Gasteiger partial charge in [-0.3, -0.25) is 19.3 Å². The summed E-state index contributed by atoms with van der Waals surface area (Å²) in [7, 11) is 1.56. The molecule has 1 heterocycles. The van der Waals surface area contributed by atoms with Crippen LogP contribution >= 0.6 is 0 Å². The topological polar surface area (TPSA) is 77.9 Å². The standard InChI is InChI=1S/C26H29FN2O4/c1-28(17-22(30)18-8-3-2-4-9-18)23(31)15-26(19-10-7-11-20(27)14-19)16-24(32)29(25(26)33)21-12-5-6-13-21/h2-4,7-11,14,21-22,30H,5-6,12-13,15-17H2,1H3/t22-,26-/m0/s1. The highest BCUT2D eigenvalue weighted by atomic mass is 19.1. The van der Waals surface area contributed by atoms with Crippen LogP contribution in [-0.4, -0.2) is 52.3 Å². The summed E-state index contributed by atoms with van der Waals surface area (Å²) in [5.74, 6) is -1.64. The Morgan fingerprint density at radius 1 is 1.15 bits per heavy atom. The number of rotatable bonds is 7. The Kier molecular flexibility index (Phi) is 6.61. The number of hydrogen-bond acceptors (Lipinski definition) is 4. The first-order valence-electron chi connectivity index (χ1n) is 11.4. The van der Waals surface area contributed by atoms with E-state index in [-0.39, 0.29) is 37.2 Å². The molecule has 7 heteroatoms. The lowest BCUT2D eigenvalue weighted by Gasteiger charge is -2.31. The highest BCUT2D eigenvalue weighted by Crippen LogP contribution is 2.43. The zero-order valence-corrected chi connectivity index (χ0v) is 18.7. The number of nitrogens with zero attached hydrogens (tertiary/aromatic N) is 2. The second kappa shape index (κ2) is 9.43. The van der Waals surface area contributed by atoms with Crippen LogP contribution in [0.2, 0.25) is 0 Å². The van der Waals surface area contributed by atoms with Gasteiger partial charge in [-0.05, 0) is 36.1 Å². The average molecular weight is 453 g/mol. The van der Waals surface area contributed by atoms with E-state index in [0.29, 0.717) is 11.1 Å². The molecule has 174 valence electrons. The van der Waals surface area contributed by atoms with Gasteiger partial charge in [0, 0.05) is 25.9 Å². The molecule has 2 aromatic rings. The Bertz CT molecular complexity index is 1040. The fourth-order valence-corrected chi connectivity index (χ4v) is 5.08. The third kappa shape index (κ3) is 4.55. The van der Waals surface area contributed by atoms with Gasteiger partial charge in [-0.2, -0.15) is 0 Å². The van der Waals surface area contributed by atoms with Crippen LogP contribution < -0.4 is 0 Å². The van der Waals surface area contributed by atoms with Crippen molar-refractivity contribution in [3.8, 4) is 0 Å². The molecule has 1 saturated carbocycles. The summed E-state index contributed by atoms with van der Waals surface area (Å²) in [5, 5.41) is 10.5. The molecule has 33 heavy (non-hydrogen) atoms. The van der Waals surface area contributed by atoms with Crippen molar-refractivity contribution in [2.75, 3.05) is 13.6 Å². The maximum Gasteiger partial charge on any atom is 0.241 e. The molecule has 2 fully saturated rings. The molecule has 0 aromatic heterocycles. The number of carbonyl (C=O) groups is 3. The summed E-state index contributed by atoms with van der Waals surface area (Å²) < 4.78 is 14.1. The second-order valence-corrected chi connectivity index (χ2v) is 9.15. The Hall–Kier alpha value is -3.06. The van der Waals surface area contributed by atoms with Crippen molar-refractivity contribution in [3.63, 3.8) is 0 Å². The van der Waals surface area contributed by atoms with Gasteiger partial charge in [-0.1, -0.05) is 55.3 Å². The van der Waals surface area contributed by atoms with Crippen molar-refractivity contribution >= 4 is 17.7 Å². The SMILES string of the molecule is CN(C[C@H](O)c1ccccc1)C(=O)C[C@@]1(c2cccc(F)c2)CC(=O)N(C2CCCC2)C1=O. The van der Waals surface area contributed by atoms with Crippen molar-refractivity contribution in [2.24, 2.45) is 0 Å². The maximum atomic E-state index is 14.1. The zero-order chi connectivity index (χ0) is 23.6. The van der Waals surface area contributed by atoms with E-state index in [0.717, 1.165) is 25.7 Å². The highest BCUT2D eigenvalue weighted by molar-refractivity contribution is 6.11. The molecule has 0 unspecified atom stereocenters. The first-order chi connectivity index (χ1) is 15.8. The first kappa shape index (κ1) is 23.1. The predicted molar refractivity (Wildman–Crippen MR) is 120 cm³/mol. The Balaban J connectivity index is 1.60. The number of likely N-dealkylation sites (N-methyl/N-ethyl adjacent to an activating group) is 1. The normalized spacial score (nSPS) is 22.1. The molecule has 1 N–H and O–H groups in total. The second-order valence-electron chi connectivity index (χ2n) is 9.15. The van der Waals surface area contributed by atoms with Crippen molar-refractivity contribution in [1.82, 2.24) is 9.80 Å². The van der Waals surface area contributed by atoms with E-state index >= 15 is 0 Å². The van der Waals surface area contributed by atoms with E-state index in [1.165, 1.54) is 28.0 Å². The maximum absolute atomic E-state index is 14.1. The van der Waals surface area contributed by atoms with E-state index in [2.05, 4.69) is 0 Å². The van der Waals surface area contributed by atoms with Gasteiger partial charge in [-0.25, -0.2) is 4.39 Å². The lowest BCUT2D eigenvalue weighted by atomic mass is 9.75. The monoisotopic (exact) mass is 452 g/mol. The first-order valence-corrected chi connectivity index (χ1v) is 11.4. The molecule has 1 aliphatic carbocycles. The number of aliphatic hydroxyl groups is 1. The predicted octanol–water partition coefficient (Wildman–Crippen LogP) is 3.35. The lowest BCUT2D eigenvalue weighted by Crippen LogP contribution is -2.45. The van der Waals surface area contributed by atoms with Crippen LogP contribution in [-0.2, 0) is 19.8 Å². The fraction of sp³-hybridized carbons (Fsp3) is 0.423. The van der Waals surface area contributed by atoms with E-state index < -0.39 is 23.2 Å². The van der Waals surface area contributed by atoms with Gasteiger partial charge < -0.3 is 10.0 Å². The van der Waals surface area contributed by atoms with Crippen LogP contribution in [0.5, 0.6) is 0 Å². The van der Waals surface area contributed by atoms with Crippen LogP contribution in [0.1, 0.15) is 55.8 Å². The summed E-state index contributed by atoms with van der Waals surface area (Å²) in [5.41, 5.74) is -0.423. The van der Waals surface area contributed by atoms with Gasteiger partial charge in [-0.15, -0.1) is 0 Å². The Morgan fingerprint density at radius 2 is 1.85 bits per heavy atom. The van der Waals surface area contributed by atoms with Gasteiger partial charge in [0.1, 0.15) is 5.82 Å². The highest BCUT2D eigenvalue weighted by Gasteiger charge is 2.55. The van der Waals surface area contributed by atoms with E-state index in [9.17, 15) is 23.9 Å². The summed E-state index contributed by atoms with van der Waals surface area (Å²) in [6.07, 6.45) is 2.11. The van der Waals surface area contributed by atoms with Crippen molar-refractivity contribution in [2.45, 2.75) is 56.1 Å². The molecular weight excluding hydrogens is 423 g/mol. The molecule has 6 nitrogen and oxygen atoms in total. The lowest BCUT2D eigenvalue weighted by molar-refractivity contribution is -0.144. The molecule has 2 aliphatic rings. The minimum atomic E-state index is -1.44. The van der Waals surface area contributed by atoms with Gasteiger partial charge in [0.2, 0.25) is 17.7 Å². The van der Waals surface area contributed by atoms with Gasteiger partial charge in [0.15, 0.2) is 0 Å². The Labute approximate surface area is 193 Å². The number of halogens is 1. The van der Waals surface area contributed by atoms with E-state index in [4.69, 9.17) is 0 Å². The third-order valence-electron chi connectivity index (χ3n) is 6.93. The molecule has 0 spiro atoms. The summed E-state index contributed by atoms with van der Waals surface area (Å²) in [4.78, 5) is 42.6. The number of aliphatic hydroxyl groups excluding tert-OH is 1. The molecule has 2 atom stereocenters. The van der Waals surface area contributed by atoms with Crippen LogP contribution in [0.4, 0.5) is 4.39 Å². The number of imide groups is 1. The molecule has 2 aromatic carbocycles. The molecule has 3 amide bonds. The van der Waals surface area contributed by atoms with Gasteiger partial charge >= 0.3 is 0 Å². The molecule has 0 radical (unpaired) electrons. The zero-order valence-electron chi connectivity index (χ0n) is 18.7. The van der Waals surface area contributed by atoms with Gasteiger partial charge in [0.25, 0.3) is 0 Å². The molecule has 4 rings (SSSR count). The van der Waals surface area contributed by atoms with Crippen LogP contribution in [0.15, 0.2) is 54.6 Å². The summed E-state index contributed by atoms with van der Waals surface area (Å²) in [6.45, 7) is 0.0382. The van der Waals surface area contributed by atoms with Crippen LogP contribution in [0, 0.1) is 5.82 Å². The number of likely N-dealkylation sites (tertiary alicyclic amines) is 1. The van der Waals surface area contributed by atoms with Crippen molar-refractivity contribution in [1.29, 1.82) is 0 Å². The Morgan fingerprint density at radius 3 is 2.52 bits per heavy atom. The van der Waals surface area contributed by atoms with Gasteiger partial charge in [0.05, 0.1) is 18.1 Å². The molecular formula is C26H29FN2O4. The van der Waals surface area contributed by atoms with E-state index in [1.54, 1.807) is 37.4 Å². The molecule has 1 aliphatic heterocycles. The van der Waals surface area contributed by atoms with E-state index in [1.807, 2.05) is 6.07 Å². The quantitative estimate of drug-likeness (QED) is 0.654. The number of amides is 3. The molecule has 1 saturated heterocycles. The average Bonchev–Trinajstić information content (AvgIpc) is 3.41. The third-order valence-corrected chi connectivity index (χ3v) is 6.93. The minimum absolute atomic E-state index is 0.0382. The summed E-state index contributed by atoms with van der Waals surface area (Å²) >= 11 is 0. The summed E-state index contributed by atoms with van der Waals surface area (Å²) in [6, 6.07) is 14.5. The largest absolute Gasteiger partial charge is 0.387 e. The van der Waals surface area contributed by atoms with Crippen LogP contribution in [0.25, 0.3) is 0 Å². The number of benzene rings is 2. The number of hydrogen-bond donors (Lipinski definition) is 1. The minimum Gasteiger partial charge on any atom is -0.387 e. The van der Waals surface area contributed by atoms with Crippen molar-refractivity contribution in [3.05, 3.63) is 71.5 Å². The van der Waals surface area contributed by atoms with Crippen LogP contribution in [0.3, 0.4) is 0 Å². The smallest absolute Gasteiger partial charge is 0.241 e. The van der Waals surface area contributed by atoms with Crippen molar-refractivity contribution < 1.29 is 23.9 Å². The molecule has 0 bridgehead atoms.